The summed E-state index contributed by atoms with van der Waals surface area (Å²) in [7, 11) is 0. The molecule has 0 aliphatic carbocycles. The number of esters is 2. The summed E-state index contributed by atoms with van der Waals surface area (Å²) >= 11 is 0. The van der Waals surface area contributed by atoms with Gasteiger partial charge in [0.15, 0.2) is 12.6 Å². The molecule has 324 valence electrons. The van der Waals surface area contributed by atoms with Crippen molar-refractivity contribution in [1.82, 2.24) is 0 Å². The minimum Gasteiger partial charge on any atom is -0.463 e. The summed E-state index contributed by atoms with van der Waals surface area (Å²) < 4.78 is 27.4. The fraction of sp³-hybridized carbons (Fsp3) is 0.952. The van der Waals surface area contributed by atoms with Crippen LogP contribution < -0.4 is 0 Å². The molecule has 0 saturated carbocycles. The van der Waals surface area contributed by atoms with Gasteiger partial charge in [0, 0.05) is 12.8 Å². The second-order valence-electron chi connectivity index (χ2n) is 16.8. The first-order chi connectivity index (χ1) is 26.3. The monoisotopic (exact) mass is 791 g/mol. The summed E-state index contributed by atoms with van der Waals surface area (Å²) in [5.74, 6) is 0.550. The van der Waals surface area contributed by atoms with Crippen molar-refractivity contribution in [2.45, 2.75) is 230 Å². The van der Waals surface area contributed by atoms with Crippen molar-refractivity contribution in [1.29, 1.82) is 0 Å². The summed E-state index contributed by atoms with van der Waals surface area (Å²) in [5, 5.41) is 63.2. The third-order valence-electron chi connectivity index (χ3n) is 10.7. The minimum atomic E-state index is -1.80. The molecule has 2 aliphatic heterocycles. The van der Waals surface area contributed by atoms with Crippen LogP contribution in [-0.4, -0.2) is 117 Å². The molecule has 0 radical (unpaired) electrons. The normalized spacial score (nSPS) is 28.5. The lowest BCUT2D eigenvalue weighted by Crippen LogP contribution is -2.64. The average molecular weight is 791 g/mol. The van der Waals surface area contributed by atoms with Gasteiger partial charge in [-0.15, -0.1) is 0 Å². The van der Waals surface area contributed by atoms with Crippen molar-refractivity contribution in [3.63, 3.8) is 0 Å². The van der Waals surface area contributed by atoms with Gasteiger partial charge in [0.2, 0.25) is 0 Å². The van der Waals surface area contributed by atoms with Gasteiger partial charge in [-0.25, -0.2) is 0 Å². The van der Waals surface area contributed by atoms with Crippen LogP contribution in [0.1, 0.15) is 169 Å². The first-order valence-corrected chi connectivity index (χ1v) is 21.7. The first kappa shape index (κ1) is 49.7. The van der Waals surface area contributed by atoms with Gasteiger partial charge in [0.25, 0.3) is 0 Å². The van der Waals surface area contributed by atoms with E-state index in [4.69, 9.17) is 23.7 Å². The van der Waals surface area contributed by atoms with E-state index < -0.39 is 86.6 Å². The molecule has 2 saturated heterocycles. The number of hydrogen-bond donors (Lipinski definition) is 6. The molecule has 0 spiro atoms. The number of aliphatic hydroxyl groups excluding tert-OH is 6. The van der Waals surface area contributed by atoms with Gasteiger partial charge < -0.3 is 54.3 Å². The number of carbonyl (C=O) groups excluding carboxylic acids is 2. The third-order valence-corrected chi connectivity index (χ3v) is 10.7. The van der Waals surface area contributed by atoms with E-state index in [2.05, 4.69) is 27.7 Å². The molecule has 6 N–H and O–H groups in total. The lowest BCUT2D eigenvalue weighted by atomic mass is 9.98. The van der Waals surface area contributed by atoms with E-state index in [0.717, 1.165) is 50.4 Å². The zero-order valence-corrected chi connectivity index (χ0v) is 34.4. The van der Waals surface area contributed by atoms with Crippen LogP contribution in [-0.2, 0) is 33.3 Å². The van der Waals surface area contributed by atoms with Crippen molar-refractivity contribution in [3.05, 3.63) is 0 Å². The second kappa shape index (κ2) is 28.9. The van der Waals surface area contributed by atoms with Crippen molar-refractivity contribution in [2.75, 3.05) is 13.2 Å². The molecule has 0 aromatic rings. The molecule has 13 nitrogen and oxygen atoms in total. The van der Waals surface area contributed by atoms with Gasteiger partial charge in [-0.1, -0.05) is 143 Å². The second-order valence-corrected chi connectivity index (χ2v) is 16.8. The summed E-state index contributed by atoms with van der Waals surface area (Å²) in [6, 6.07) is 0. The number of carbonyl (C=O) groups is 2. The van der Waals surface area contributed by atoms with Gasteiger partial charge >= 0.3 is 11.9 Å². The van der Waals surface area contributed by atoms with Crippen LogP contribution in [0.2, 0.25) is 0 Å². The fourth-order valence-electron chi connectivity index (χ4n) is 7.08. The molecule has 10 atom stereocenters. The smallest absolute Gasteiger partial charge is 0.305 e. The molecule has 0 amide bonds. The molecular formula is C42H78O13. The maximum atomic E-state index is 12.4. The Morgan fingerprint density at radius 2 is 0.727 bits per heavy atom. The van der Waals surface area contributed by atoms with E-state index in [0.29, 0.717) is 12.8 Å². The Hall–Kier alpha value is -1.42. The Morgan fingerprint density at radius 1 is 0.436 bits per heavy atom. The number of unbranched alkanes of at least 4 members (excludes halogenated alkanes) is 16. The molecule has 2 rings (SSSR count). The quantitative estimate of drug-likeness (QED) is 0.0388. The molecule has 2 aliphatic rings. The topological polar surface area (TPSA) is 202 Å². The SMILES string of the molecule is CC(C)CCCCCCCCCCCC(=O)OC[C@H]1O[C@H](O[C@H]2O[C@H](COC(=O)CCCCCCCCCCCC(C)C)[C@@H](O)[C@H](O)[C@H]2O)[C@H](O)[C@@H](O)[C@@H]1O. The lowest BCUT2D eigenvalue weighted by Gasteiger charge is -2.44. The van der Waals surface area contributed by atoms with Crippen LogP contribution in [0.3, 0.4) is 0 Å². The van der Waals surface area contributed by atoms with E-state index in [1.807, 2.05) is 0 Å². The zero-order chi connectivity index (χ0) is 40.6. The lowest BCUT2D eigenvalue weighted by molar-refractivity contribution is -0.376. The highest BCUT2D eigenvalue weighted by Crippen LogP contribution is 2.29. The van der Waals surface area contributed by atoms with Crippen molar-refractivity contribution in [2.24, 2.45) is 11.8 Å². The highest BCUT2D eigenvalue weighted by atomic mass is 16.8. The van der Waals surface area contributed by atoms with E-state index in [1.165, 1.54) is 77.0 Å². The Balaban J connectivity index is 1.68. The van der Waals surface area contributed by atoms with E-state index >= 15 is 0 Å². The highest BCUT2D eigenvalue weighted by Gasteiger charge is 2.50. The molecule has 2 fully saturated rings. The van der Waals surface area contributed by atoms with Gasteiger partial charge in [-0.3, -0.25) is 9.59 Å². The predicted molar refractivity (Wildman–Crippen MR) is 208 cm³/mol. The Kier molecular flexibility index (Phi) is 26.1. The van der Waals surface area contributed by atoms with E-state index in [-0.39, 0.29) is 12.8 Å². The minimum absolute atomic E-state index is 0.191. The highest BCUT2D eigenvalue weighted by molar-refractivity contribution is 5.69. The fourth-order valence-corrected chi connectivity index (χ4v) is 7.08. The summed E-state index contributed by atoms with van der Waals surface area (Å²) in [4.78, 5) is 24.8. The van der Waals surface area contributed by atoms with Crippen LogP contribution in [0, 0.1) is 11.8 Å². The van der Waals surface area contributed by atoms with Crippen LogP contribution in [0.4, 0.5) is 0 Å². The Morgan fingerprint density at radius 3 is 1.04 bits per heavy atom. The molecule has 55 heavy (non-hydrogen) atoms. The van der Waals surface area contributed by atoms with Crippen molar-refractivity contribution >= 4 is 11.9 Å². The summed E-state index contributed by atoms with van der Waals surface area (Å²) in [5.41, 5.74) is 0. The van der Waals surface area contributed by atoms with Gasteiger partial charge in [0.05, 0.1) is 0 Å². The van der Waals surface area contributed by atoms with Gasteiger partial charge in [0.1, 0.15) is 62.0 Å². The predicted octanol–water partition coefficient (Wildman–Crippen LogP) is 5.60. The van der Waals surface area contributed by atoms with Crippen LogP contribution in [0.5, 0.6) is 0 Å². The number of aliphatic hydroxyl groups is 6. The summed E-state index contributed by atoms with van der Waals surface area (Å²) in [6.45, 7) is 8.17. The van der Waals surface area contributed by atoms with Crippen molar-refractivity contribution in [3.8, 4) is 0 Å². The standard InChI is InChI=1S/C42H78O13/c1-29(2)23-19-15-11-7-5-9-13-17-21-25-33(43)51-27-31-35(45)37(47)39(49)41(53-31)55-42-40(50)38(48)36(46)32(54-42)28-52-34(44)26-22-18-14-10-6-8-12-16-20-24-30(3)4/h29-32,35-42,45-50H,5-28H2,1-4H3/t31-,32-,35-,36-,37+,38+,39-,40-,41-,42-/m1/s1. The number of ether oxygens (including phenoxy) is 5. The Bertz CT molecular complexity index is 920. The van der Waals surface area contributed by atoms with Gasteiger partial charge in [-0.2, -0.15) is 0 Å². The largest absolute Gasteiger partial charge is 0.463 e. The average Bonchev–Trinajstić information content (AvgIpc) is 3.14. The van der Waals surface area contributed by atoms with Gasteiger partial charge in [-0.05, 0) is 24.7 Å². The molecule has 0 unspecified atom stereocenters. The Labute approximate surface area is 330 Å². The molecule has 0 aromatic heterocycles. The van der Waals surface area contributed by atoms with Crippen LogP contribution in [0.15, 0.2) is 0 Å². The van der Waals surface area contributed by atoms with Crippen LogP contribution >= 0.6 is 0 Å². The maximum Gasteiger partial charge on any atom is 0.305 e. The molecule has 2 heterocycles. The molecular weight excluding hydrogens is 712 g/mol. The molecule has 0 aromatic carbocycles. The van der Waals surface area contributed by atoms with E-state index in [1.54, 1.807) is 0 Å². The zero-order valence-electron chi connectivity index (χ0n) is 34.4. The van der Waals surface area contributed by atoms with Crippen LogP contribution in [0.25, 0.3) is 0 Å². The molecule has 0 bridgehead atoms. The maximum absolute atomic E-state index is 12.4. The summed E-state index contributed by atoms with van der Waals surface area (Å²) in [6.07, 6.45) is 6.70. The third kappa shape index (κ3) is 20.7. The first-order valence-electron chi connectivity index (χ1n) is 21.7. The van der Waals surface area contributed by atoms with E-state index in [9.17, 15) is 40.2 Å². The number of hydrogen-bond acceptors (Lipinski definition) is 13. The molecule has 13 heteroatoms. The van der Waals surface area contributed by atoms with Crippen molar-refractivity contribution < 1.29 is 63.9 Å². The number of rotatable bonds is 30.